The zero-order valence-electron chi connectivity index (χ0n) is 7.38. The molecule has 0 saturated carbocycles. The highest BCUT2D eigenvalue weighted by Gasteiger charge is 1.97. The second-order valence-corrected chi connectivity index (χ2v) is 3.39. The molecule has 0 unspecified atom stereocenters. The molecule has 4 heteroatoms. The van der Waals surface area contributed by atoms with Crippen molar-refractivity contribution in [1.29, 1.82) is 0 Å². The van der Waals surface area contributed by atoms with Crippen LogP contribution in [0.1, 0.15) is 0 Å². The van der Waals surface area contributed by atoms with Crippen molar-refractivity contribution in [1.82, 2.24) is 9.97 Å². The maximum atomic E-state index is 5.39. The van der Waals surface area contributed by atoms with E-state index in [0.29, 0.717) is 5.95 Å². The van der Waals surface area contributed by atoms with Gasteiger partial charge in [0.15, 0.2) is 0 Å². The number of anilines is 1. The van der Waals surface area contributed by atoms with Gasteiger partial charge < -0.3 is 5.73 Å². The van der Waals surface area contributed by atoms with E-state index in [1.165, 1.54) is 0 Å². The Kier molecular flexibility index (Phi) is 2.37. The first-order valence-electron chi connectivity index (χ1n) is 4.12. The van der Waals surface area contributed by atoms with Crippen molar-refractivity contribution in [3.63, 3.8) is 0 Å². The molecule has 0 atom stereocenters. The predicted octanol–water partition coefficient (Wildman–Crippen LogP) is 2.01. The van der Waals surface area contributed by atoms with Gasteiger partial charge in [-0.2, -0.15) is 0 Å². The monoisotopic (exact) mass is 203 g/mol. The van der Waals surface area contributed by atoms with Crippen molar-refractivity contribution in [3.05, 3.63) is 36.7 Å². The number of nitrogen functional groups attached to an aromatic ring is 1. The summed E-state index contributed by atoms with van der Waals surface area (Å²) in [5, 5.41) is 0. The van der Waals surface area contributed by atoms with Crippen molar-refractivity contribution in [2.45, 2.75) is 4.90 Å². The van der Waals surface area contributed by atoms with Crippen LogP contribution >= 0.6 is 12.6 Å². The number of hydrogen-bond donors (Lipinski definition) is 2. The van der Waals surface area contributed by atoms with Gasteiger partial charge in [-0.1, -0.05) is 12.1 Å². The highest BCUT2D eigenvalue weighted by Crippen LogP contribution is 2.19. The van der Waals surface area contributed by atoms with Crippen molar-refractivity contribution in [2.24, 2.45) is 0 Å². The fraction of sp³-hybridized carbons (Fsp3) is 0. The van der Waals surface area contributed by atoms with Crippen LogP contribution in [-0.4, -0.2) is 9.97 Å². The lowest BCUT2D eigenvalue weighted by Gasteiger charge is -2.00. The van der Waals surface area contributed by atoms with Gasteiger partial charge >= 0.3 is 0 Å². The van der Waals surface area contributed by atoms with Gasteiger partial charge in [0.1, 0.15) is 0 Å². The fourth-order valence-corrected chi connectivity index (χ4v) is 1.29. The third-order valence-electron chi connectivity index (χ3n) is 1.87. The summed E-state index contributed by atoms with van der Waals surface area (Å²) in [6.07, 6.45) is 3.41. The fourth-order valence-electron chi connectivity index (χ4n) is 1.14. The molecule has 0 fully saturated rings. The summed E-state index contributed by atoms with van der Waals surface area (Å²) in [6.45, 7) is 0. The molecular weight excluding hydrogens is 194 g/mol. The number of nitrogens with two attached hydrogens (primary N) is 1. The van der Waals surface area contributed by atoms with Crippen molar-refractivity contribution < 1.29 is 0 Å². The van der Waals surface area contributed by atoms with Crippen LogP contribution in [0.2, 0.25) is 0 Å². The minimum atomic E-state index is 0.291. The SMILES string of the molecule is Nc1ncc(-c2ccc(S)cc2)cn1. The summed E-state index contributed by atoms with van der Waals surface area (Å²) < 4.78 is 0. The topological polar surface area (TPSA) is 51.8 Å². The van der Waals surface area contributed by atoms with Crippen LogP contribution in [0.4, 0.5) is 5.95 Å². The standard InChI is InChI=1S/C10H9N3S/c11-10-12-5-8(6-13-10)7-1-3-9(14)4-2-7/h1-6,14H,(H2,11,12,13). The van der Waals surface area contributed by atoms with Crippen LogP contribution in [0.5, 0.6) is 0 Å². The van der Waals surface area contributed by atoms with Crippen LogP contribution < -0.4 is 5.73 Å². The van der Waals surface area contributed by atoms with E-state index in [4.69, 9.17) is 5.73 Å². The Hall–Kier alpha value is -1.55. The first kappa shape index (κ1) is 9.02. The quantitative estimate of drug-likeness (QED) is 0.697. The molecule has 0 amide bonds. The highest BCUT2D eigenvalue weighted by atomic mass is 32.1. The third-order valence-corrected chi connectivity index (χ3v) is 2.17. The maximum Gasteiger partial charge on any atom is 0.219 e. The van der Waals surface area contributed by atoms with Crippen molar-refractivity contribution in [2.75, 3.05) is 5.73 Å². The van der Waals surface area contributed by atoms with E-state index in [2.05, 4.69) is 22.6 Å². The molecule has 2 rings (SSSR count). The summed E-state index contributed by atoms with van der Waals surface area (Å²) in [5.74, 6) is 0.291. The van der Waals surface area contributed by atoms with Gasteiger partial charge in [0.05, 0.1) is 0 Å². The number of thiol groups is 1. The lowest BCUT2D eigenvalue weighted by Crippen LogP contribution is -1.93. The van der Waals surface area contributed by atoms with Gasteiger partial charge in [-0.05, 0) is 17.7 Å². The van der Waals surface area contributed by atoms with E-state index >= 15 is 0 Å². The molecule has 0 saturated heterocycles. The van der Waals surface area contributed by atoms with Gasteiger partial charge in [-0.15, -0.1) is 12.6 Å². The summed E-state index contributed by atoms with van der Waals surface area (Å²) >= 11 is 4.21. The van der Waals surface area contributed by atoms with Gasteiger partial charge in [0.25, 0.3) is 0 Å². The average molecular weight is 203 g/mol. The maximum absolute atomic E-state index is 5.39. The van der Waals surface area contributed by atoms with E-state index in [9.17, 15) is 0 Å². The molecule has 0 aliphatic carbocycles. The van der Waals surface area contributed by atoms with Crippen LogP contribution in [-0.2, 0) is 0 Å². The van der Waals surface area contributed by atoms with Crippen LogP contribution in [0.25, 0.3) is 11.1 Å². The van der Waals surface area contributed by atoms with Crippen molar-refractivity contribution >= 4 is 18.6 Å². The summed E-state index contributed by atoms with van der Waals surface area (Å²) in [5.41, 5.74) is 7.40. The molecule has 0 radical (unpaired) electrons. The number of rotatable bonds is 1. The second-order valence-electron chi connectivity index (χ2n) is 2.88. The molecule has 1 aromatic heterocycles. The Morgan fingerprint density at radius 1 is 0.929 bits per heavy atom. The predicted molar refractivity (Wildman–Crippen MR) is 59.1 cm³/mol. The summed E-state index contributed by atoms with van der Waals surface area (Å²) in [7, 11) is 0. The van der Waals surface area contributed by atoms with Gasteiger partial charge in [-0.25, -0.2) is 9.97 Å². The summed E-state index contributed by atoms with van der Waals surface area (Å²) in [4.78, 5) is 8.79. The van der Waals surface area contributed by atoms with Crippen LogP contribution in [0, 0.1) is 0 Å². The lowest BCUT2D eigenvalue weighted by molar-refractivity contribution is 1.19. The Balaban J connectivity index is 2.40. The average Bonchev–Trinajstić information content (AvgIpc) is 2.21. The molecule has 1 aromatic carbocycles. The summed E-state index contributed by atoms with van der Waals surface area (Å²) in [6, 6.07) is 7.79. The number of aromatic nitrogens is 2. The molecule has 0 aliphatic heterocycles. The smallest absolute Gasteiger partial charge is 0.219 e. The van der Waals surface area contributed by atoms with E-state index in [1.54, 1.807) is 12.4 Å². The first-order valence-corrected chi connectivity index (χ1v) is 4.57. The molecule has 0 aliphatic rings. The minimum absolute atomic E-state index is 0.291. The Labute approximate surface area is 87.4 Å². The van der Waals surface area contributed by atoms with Gasteiger partial charge in [-0.3, -0.25) is 0 Å². The molecule has 0 bridgehead atoms. The lowest BCUT2D eigenvalue weighted by atomic mass is 10.1. The molecule has 2 aromatic rings. The third kappa shape index (κ3) is 1.85. The highest BCUT2D eigenvalue weighted by molar-refractivity contribution is 7.80. The van der Waals surface area contributed by atoms with E-state index in [-0.39, 0.29) is 0 Å². The second kappa shape index (κ2) is 3.67. The number of hydrogen-bond acceptors (Lipinski definition) is 4. The molecule has 14 heavy (non-hydrogen) atoms. The molecule has 0 spiro atoms. The number of benzene rings is 1. The van der Waals surface area contributed by atoms with Crippen LogP contribution in [0.15, 0.2) is 41.6 Å². The number of nitrogens with zero attached hydrogens (tertiary/aromatic N) is 2. The Morgan fingerprint density at radius 3 is 2.07 bits per heavy atom. The van der Waals surface area contributed by atoms with E-state index in [1.807, 2.05) is 24.3 Å². The zero-order valence-corrected chi connectivity index (χ0v) is 8.28. The van der Waals surface area contributed by atoms with E-state index in [0.717, 1.165) is 16.0 Å². The first-order chi connectivity index (χ1) is 6.75. The Bertz CT molecular complexity index is 379. The van der Waals surface area contributed by atoms with Crippen molar-refractivity contribution in [3.8, 4) is 11.1 Å². The van der Waals surface area contributed by atoms with E-state index < -0.39 is 0 Å². The van der Waals surface area contributed by atoms with Gasteiger partial charge in [0, 0.05) is 22.9 Å². The molecule has 2 N–H and O–H groups in total. The Morgan fingerprint density at radius 2 is 1.50 bits per heavy atom. The molecule has 70 valence electrons. The zero-order chi connectivity index (χ0) is 9.97. The van der Waals surface area contributed by atoms with Gasteiger partial charge in [0.2, 0.25) is 5.95 Å². The molecule has 1 heterocycles. The van der Waals surface area contributed by atoms with Crippen LogP contribution in [0.3, 0.4) is 0 Å². The largest absolute Gasteiger partial charge is 0.368 e. The molecule has 3 nitrogen and oxygen atoms in total. The normalized spacial score (nSPS) is 10.1. The molecular formula is C10H9N3S. The minimum Gasteiger partial charge on any atom is -0.368 e.